The summed E-state index contributed by atoms with van der Waals surface area (Å²) in [5.74, 6) is -1.43. The van der Waals surface area contributed by atoms with Gasteiger partial charge in [0.05, 0.1) is 6.21 Å². The van der Waals surface area contributed by atoms with E-state index in [4.69, 9.17) is 14.9 Å². The summed E-state index contributed by atoms with van der Waals surface area (Å²) in [5, 5.41) is 9.49. The largest absolute Gasteiger partial charge is 0.463 e. The van der Waals surface area contributed by atoms with Crippen LogP contribution in [0.15, 0.2) is 0 Å². The highest BCUT2D eigenvalue weighted by molar-refractivity contribution is 6.26. The molecule has 2 N–H and O–H groups in total. The molecule has 0 saturated carbocycles. The predicted octanol–water partition coefficient (Wildman–Crippen LogP) is -0.704. The van der Waals surface area contributed by atoms with Gasteiger partial charge in [0.15, 0.2) is 5.78 Å². The first kappa shape index (κ1) is 22.2. The lowest BCUT2D eigenvalue weighted by atomic mass is 10.1. The molecule has 0 aliphatic carbocycles. The number of carbonyl (C=O) groups is 3. The monoisotopic (exact) mass is 370 g/mol. The van der Waals surface area contributed by atoms with Crippen molar-refractivity contribution in [2.75, 3.05) is 53.5 Å². The fraction of sp³-hybridized carbons (Fsp3) is 0.765. The van der Waals surface area contributed by atoms with E-state index in [1.54, 1.807) is 6.92 Å². The molecular formula is C17H30N4O5. The Morgan fingerprint density at radius 3 is 2.46 bits per heavy atom. The molecule has 0 radical (unpaired) electrons. The standard InChI is InChI=1S/C17H30N4O5/c1-13(25-3)16(23)19-15(5-4-14(22)12-18)17(24)26-11-10-21-8-6-20(2)7-9-21/h12-13,15,18H,4-11H2,1-3H3,(H,19,23)/t13-,15+/m1/s1. The lowest BCUT2D eigenvalue weighted by Crippen LogP contribution is -2.47. The van der Waals surface area contributed by atoms with Crippen molar-refractivity contribution in [1.29, 1.82) is 5.41 Å². The molecule has 1 amide bonds. The number of piperazine rings is 1. The van der Waals surface area contributed by atoms with Crippen LogP contribution in [0.4, 0.5) is 0 Å². The molecule has 0 spiro atoms. The van der Waals surface area contributed by atoms with Crippen LogP contribution in [0.3, 0.4) is 0 Å². The van der Waals surface area contributed by atoms with Crippen LogP contribution in [0.25, 0.3) is 0 Å². The van der Waals surface area contributed by atoms with Gasteiger partial charge in [-0.05, 0) is 20.4 Å². The Hall–Kier alpha value is -1.84. The summed E-state index contributed by atoms with van der Waals surface area (Å²) >= 11 is 0. The van der Waals surface area contributed by atoms with Crippen LogP contribution in [0.1, 0.15) is 19.8 Å². The summed E-state index contributed by atoms with van der Waals surface area (Å²) < 4.78 is 10.2. The molecule has 9 nitrogen and oxygen atoms in total. The van der Waals surface area contributed by atoms with Gasteiger partial charge < -0.3 is 25.1 Å². The Balaban J connectivity index is 2.49. The Morgan fingerprint density at radius 2 is 1.88 bits per heavy atom. The summed E-state index contributed by atoms with van der Waals surface area (Å²) in [6.45, 7) is 6.23. The van der Waals surface area contributed by atoms with Crippen molar-refractivity contribution < 1.29 is 23.9 Å². The van der Waals surface area contributed by atoms with Crippen LogP contribution < -0.4 is 5.32 Å². The van der Waals surface area contributed by atoms with E-state index >= 15 is 0 Å². The molecule has 148 valence electrons. The molecule has 26 heavy (non-hydrogen) atoms. The molecule has 0 aromatic heterocycles. The smallest absolute Gasteiger partial charge is 0.328 e. The van der Waals surface area contributed by atoms with E-state index in [9.17, 15) is 14.4 Å². The van der Waals surface area contributed by atoms with Gasteiger partial charge in [-0.1, -0.05) is 0 Å². The number of nitrogens with zero attached hydrogens (tertiary/aromatic N) is 2. The SMILES string of the molecule is CO[C@H](C)C(=O)N[C@@H](CCC(=O)C=N)C(=O)OCCN1CCN(C)CC1. The number of hydrogen-bond donors (Lipinski definition) is 2. The molecule has 1 rings (SSSR count). The number of Topliss-reactive ketones (excluding diaryl/α,β-unsaturated/α-hetero) is 1. The van der Waals surface area contributed by atoms with Gasteiger partial charge in [-0.15, -0.1) is 0 Å². The van der Waals surface area contributed by atoms with Crippen molar-refractivity contribution in [2.24, 2.45) is 0 Å². The summed E-state index contributed by atoms with van der Waals surface area (Å²) in [6, 6.07) is -0.934. The maximum absolute atomic E-state index is 12.3. The minimum atomic E-state index is -0.934. The van der Waals surface area contributed by atoms with Crippen LogP contribution in [0, 0.1) is 5.41 Å². The van der Waals surface area contributed by atoms with E-state index in [2.05, 4.69) is 22.2 Å². The molecule has 0 bridgehead atoms. The minimum absolute atomic E-state index is 0.0105. The van der Waals surface area contributed by atoms with Crippen molar-refractivity contribution in [1.82, 2.24) is 15.1 Å². The Bertz CT molecular complexity index is 492. The number of carbonyl (C=O) groups excluding carboxylic acids is 3. The van der Waals surface area contributed by atoms with Gasteiger partial charge in [0.2, 0.25) is 5.91 Å². The highest BCUT2D eigenvalue weighted by Crippen LogP contribution is 2.04. The van der Waals surface area contributed by atoms with Crippen LogP contribution >= 0.6 is 0 Å². The zero-order valence-electron chi connectivity index (χ0n) is 15.8. The third kappa shape index (κ3) is 8.03. The number of rotatable bonds is 11. The van der Waals surface area contributed by atoms with Gasteiger partial charge in [-0.3, -0.25) is 14.5 Å². The fourth-order valence-electron chi connectivity index (χ4n) is 2.45. The molecular weight excluding hydrogens is 340 g/mol. The van der Waals surface area contributed by atoms with Gasteiger partial charge in [0.25, 0.3) is 0 Å². The van der Waals surface area contributed by atoms with Crippen molar-refractivity contribution in [3.8, 4) is 0 Å². The van der Waals surface area contributed by atoms with E-state index in [0.29, 0.717) is 12.8 Å². The van der Waals surface area contributed by atoms with E-state index in [1.165, 1.54) is 7.11 Å². The van der Waals surface area contributed by atoms with Crippen molar-refractivity contribution in [2.45, 2.75) is 31.9 Å². The summed E-state index contributed by atoms with van der Waals surface area (Å²) in [5.41, 5.74) is 0. The van der Waals surface area contributed by atoms with Crippen LogP contribution in [-0.2, 0) is 23.9 Å². The van der Waals surface area contributed by atoms with Gasteiger partial charge in [0.1, 0.15) is 18.8 Å². The van der Waals surface area contributed by atoms with E-state index in [-0.39, 0.29) is 19.4 Å². The molecule has 1 heterocycles. The molecule has 1 aliphatic heterocycles. The molecule has 0 unspecified atom stereocenters. The highest BCUT2D eigenvalue weighted by Gasteiger charge is 2.25. The summed E-state index contributed by atoms with van der Waals surface area (Å²) in [4.78, 5) is 40.1. The number of methoxy groups -OCH3 is 1. The van der Waals surface area contributed by atoms with Gasteiger partial charge in [0, 0.05) is 46.3 Å². The third-order valence-electron chi connectivity index (χ3n) is 4.41. The molecule has 0 aromatic rings. The van der Waals surface area contributed by atoms with Gasteiger partial charge >= 0.3 is 5.97 Å². The third-order valence-corrected chi connectivity index (χ3v) is 4.41. The number of ketones is 1. The van der Waals surface area contributed by atoms with E-state index in [0.717, 1.165) is 26.2 Å². The summed E-state index contributed by atoms with van der Waals surface area (Å²) in [6.07, 6.45) is 0.0664. The lowest BCUT2D eigenvalue weighted by molar-refractivity contribution is -0.149. The van der Waals surface area contributed by atoms with Crippen molar-refractivity contribution in [3.63, 3.8) is 0 Å². The number of hydrogen-bond acceptors (Lipinski definition) is 8. The topological polar surface area (TPSA) is 112 Å². The van der Waals surface area contributed by atoms with Crippen molar-refractivity contribution >= 4 is 23.9 Å². The quantitative estimate of drug-likeness (QED) is 0.365. The first-order valence-corrected chi connectivity index (χ1v) is 8.81. The van der Waals surface area contributed by atoms with Crippen molar-refractivity contribution in [3.05, 3.63) is 0 Å². The van der Waals surface area contributed by atoms with Gasteiger partial charge in [-0.25, -0.2) is 4.79 Å². The van der Waals surface area contributed by atoms with E-state index < -0.39 is 29.8 Å². The highest BCUT2D eigenvalue weighted by atomic mass is 16.5. The number of ether oxygens (including phenoxy) is 2. The average Bonchev–Trinajstić information content (AvgIpc) is 2.65. The van der Waals surface area contributed by atoms with Crippen LogP contribution in [0.5, 0.6) is 0 Å². The first-order valence-electron chi connectivity index (χ1n) is 8.81. The predicted molar refractivity (Wildman–Crippen MR) is 96.3 cm³/mol. The molecule has 1 fully saturated rings. The fourth-order valence-corrected chi connectivity index (χ4v) is 2.45. The molecule has 2 atom stereocenters. The van der Waals surface area contributed by atoms with E-state index in [1.807, 2.05) is 0 Å². The molecule has 9 heteroatoms. The van der Waals surface area contributed by atoms with Crippen LogP contribution in [0.2, 0.25) is 0 Å². The second-order valence-corrected chi connectivity index (χ2v) is 6.40. The number of nitrogens with one attached hydrogen (secondary N) is 2. The van der Waals surface area contributed by atoms with Crippen LogP contribution in [-0.4, -0.2) is 99.3 Å². The Kier molecular flexibility index (Phi) is 10.0. The molecule has 1 aliphatic rings. The maximum atomic E-state index is 12.3. The molecule has 1 saturated heterocycles. The second kappa shape index (κ2) is 11.7. The maximum Gasteiger partial charge on any atom is 0.328 e. The second-order valence-electron chi connectivity index (χ2n) is 6.40. The zero-order valence-corrected chi connectivity index (χ0v) is 15.8. The number of amides is 1. The molecule has 0 aromatic carbocycles. The van der Waals surface area contributed by atoms with Gasteiger partial charge in [-0.2, -0.15) is 0 Å². The first-order chi connectivity index (χ1) is 12.4. The zero-order chi connectivity index (χ0) is 19.5. The Labute approximate surface area is 154 Å². The Morgan fingerprint density at radius 1 is 1.23 bits per heavy atom. The average molecular weight is 370 g/mol. The summed E-state index contributed by atoms with van der Waals surface area (Å²) in [7, 11) is 3.47. The minimum Gasteiger partial charge on any atom is -0.463 e. The number of likely N-dealkylation sites (N-methyl/N-ethyl adjacent to an activating group) is 1. The number of esters is 1. The lowest BCUT2D eigenvalue weighted by Gasteiger charge is -2.32. The normalized spacial score (nSPS) is 18.0.